The molecule has 1 N–H and O–H groups in total. The highest BCUT2D eigenvalue weighted by atomic mass is 16.2. The number of carbonyl (C=O) groups is 3. The summed E-state index contributed by atoms with van der Waals surface area (Å²) in [6.07, 6.45) is 6.46. The molecule has 0 spiro atoms. The lowest BCUT2D eigenvalue weighted by atomic mass is 10.0. The maximum Gasteiger partial charge on any atom is 0.262 e. The molecule has 1 atom stereocenters. The minimum Gasteiger partial charge on any atom is -0.309 e. The summed E-state index contributed by atoms with van der Waals surface area (Å²) in [4.78, 5) is 40.2. The fraction of sp³-hybridized carbons (Fsp3) is 0.455. The van der Waals surface area contributed by atoms with Crippen LogP contribution in [0.15, 0.2) is 36.5 Å². The summed E-state index contributed by atoms with van der Waals surface area (Å²) in [6.45, 7) is 3.95. The molecule has 29 heavy (non-hydrogen) atoms. The minimum absolute atomic E-state index is 0.134. The molecule has 7 nitrogen and oxygen atoms in total. The van der Waals surface area contributed by atoms with Crippen molar-refractivity contribution in [3.63, 3.8) is 0 Å². The van der Waals surface area contributed by atoms with E-state index >= 15 is 0 Å². The van der Waals surface area contributed by atoms with E-state index in [-0.39, 0.29) is 17.9 Å². The summed E-state index contributed by atoms with van der Waals surface area (Å²) in [5, 5.41) is 7.32. The van der Waals surface area contributed by atoms with Gasteiger partial charge >= 0.3 is 0 Å². The van der Waals surface area contributed by atoms with Crippen molar-refractivity contribution in [1.29, 1.82) is 0 Å². The van der Waals surface area contributed by atoms with E-state index in [2.05, 4.69) is 10.4 Å². The number of hydrogen-bond donors (Lipinski definition) is 1. The molecule has 1 aliphatic heterocycles. The normalized spacial score (nSPS) is 17.8. The van der Waals surface area contributed by atoms with Crippen molar-refractivity contribution >= 4 is 23.5 Å². The Morgan fingerprint density at radius 2 is 1.72 bits per heavy atom. The smallest absolute Gasteiger partial charge is 0.262 e. The van der Waals surface area contributed by atoms with Crippen LogP contribution < -0.4 is 5.32 Å². The summed E-state index contributed by atoms with van der Waals surface area (Å²) >= 11 is 0. The third-order valence-corrected chi connectivity index (χ3v) is 5.73. The molecule has 7 heteroatoms. The van der Waals surface area contributed by atoms with Crippen molar-refractivity contribution in [3.05, 3.63) is 47.7 Å². The number of amides is 3. The number of carbonyl (C=O) groups excluding carboxylic acids is 3. The van der Waals surface area contributed by atoms with Gasteiger partial charge in [-0.2, -0.15) is 5.10 Å². The van der Waals surface area contributed by atoms with E-state index < -0.39 is 17.9 Å². The van der Waals surface area contributed by atoms with Gasteiger partial charge in [-0.15, -0.1) is 0 Å². The molecule has 0 unspecified atom stereocenters. The molecule has 0 radical (unpaired) electrons. The van der Waals surface area contributed by atoms with E-state index in [0.717, 1.165) is 30.6 Å². The molecule has 152 valence electrons. The van der Waals surface area contributed by atoms with Gasteiger partial charge in [-0.3, -0.25) is 19.3 Å². The average Bonchev–Trinajstić information content (AvgIpc) is 3.42. The molecule has 2 heterocycles. The van der Waals surface area contributed by atoms with Gasteiger partial charge in [0.25, 0.3) is 11.8 Å². The van der Waals surface area contributed by atoms with Crippen molar-refractivity contribution in [2.45, 2.75) is 58.0 Å². The minimum atomic E-state index is -0.866. The van der Waals surface area contributed by atoms with Crippen LogP contribution in [-0.4, -0.2) is 38.4 Å². The van der Waals surface area contributed by atoms with Gasteiger partial charge in [0, 0.05) is 6.07 Å². The van der Waals surface area contributed by atoms with Gasteiger partial charge in [-0.1, -0.05) is 38.8 Å². The average molecular weight is 394 g/mol. The van der Waals surface area contributed by atoms with Crippen LogP contribution >= 0.6 is 0 Å². The number of rotatable bonds is 6. The Balaban J connectivity index is 1.60. The van der Waals surface area contributed by atoms with Gasteiger partial charge < -0.3 is 5.32 Å². The van der Waals surface area contributed by atoms with E-state index in [0.29, 0.717) is 23.4 Å². The number of benzene rings is 1. The molecule has 1 aliphatic carbocycles. The Labute approximate surface area is 170 Å². The third-order valence-electron chi connectivity index (χ3n) is 5.73. The molecule has 1 fully saturated rings. The first-order chi connectivity index (χ1) is 14.0. The lowest BCUT2D eigenvalue weighted by Gasteiger charge is -2.27. The molecule has 3 amide bonds. The van der Waals surface area contributed by atoms with Crippen LogP contribution in [0.1, 0.15) is 72.7 Å². The first kappa shape index (κ1) is 19.4. The second-order valence-electron chi connectivity index (χ2n) is 8.26. The van der Waals surface area contributed by atoms with Gasteiger partial charge in [0.05, 0.1) is 23.4 Å². The second-order valence-corrected chi connectivity index (χ2v) is 8.26. The fourth-order valence-electron chi connectivity index (χ4n) is 4.33. The lowest BCUT2D eigenvalue weighted by molar-refractivity contribution is -0.120. The van der Waals surface area contributed by atoms with Gasteiger partial charge in [-0.25, -0.2) is 4.68 Å². The number of hydrogen-bond acceptors (Lipinski definition) is 4. The highest BCUT2D eigenvalue weighted by Crippen LogP contribution is 2.32. The van der Waals surface area contributed by atoms with Crippen LogP contribution in [0.5, 0.6) is 0 Å². The van der Waals surface area contributed by atoms with Crippen LogP contribution in [-0.2, 0) is 4.79 Å². The highest BCUT2D eigenvalue weighted by Gasteiger charge is 2.43. The molecule has 1 saturated carbocycles. The number of nitrogens with zero attached hydrogens (tertiary/aromatic N) is 3. The van der Waals surface area contributed by atoms with Crippen molar-refractivity contribution in [2.24, 2.45) is 5.92 Å². The molecule has 0 bridgehead atoms. The molecule has 1 aromatic carbocycles. The summed E-state index contributed by atoms with van der Waals surface area (Å²) in [6, 6.07) is 7.91. The van der Waals surface area contributed by atoms with Crippen LogP contribution in [0.25, 0.3) is 0 Å². The third kappa shape index (κ3) is 3.57. The van der Waals surface area contributed by atoms with Crippen molar-refractivity contribution in [3.8, 4) is 0 Å². The predicted octanol–water partition coefficient (Wildman–Crippen LogP) is 3.65. The quantitative estimate of drug-likeness (QED) is 0.758. The topological polar surface area (TPSA) is 84.3 Å². The van der Waals surface area contributed by atoms with Crippen LogP contribution in [0.4, 0.5) is 5.82 Å². The Bertz CT molecular complexity index is 908. The van der Waals surface area contributed by atoms with E-state index in [1.165, 1.54) is 0 Å². The van der Waals surface area contributed by atoms with E-state index in [4.69, 9.17) is 0 Å². The highest BCUT2D eigenvalue weighted by molar-refractivity contribution is 6.23. The maximum atomic E-state index is 13.2. The number of fused-ring (bicyclic) bond motifs is 1. The zero-order valence-electron chi connectivity index (χ0n) is 16.8. The Hall–Kier alpha value is -2.96. The number of nitrogens with one attached hydrogen (secondary N) is 1. The summed E-state index contributed by atoms with van der Waals surface area (Å²) < 4.78 is 1.86. The summed E-state index contributed by atoms with van der Waals surface area (Å²) in [5.41, 5.74) is 0.713. The predicted molar refractivity (Wildman–Crippen MR) is 109 cm³/mol. The maximum absolute atomic E-state index is 13.2. The summed E-state index contributed by atoms with van der Waals surface area (Å²) in [7, 11) is 0. The number of anilines is 1. The van der Waals surface area contributed by atoms with Gasteiger partial charge in [0.1, 0.15) is 11.9 Å². The molecular weight excluding hydrogens is 368 g/mol. The second kappa shape index (κ2) is 7.81. The van der Waals surface area contributed by atoms with Crippen molar-refractivity contribution in [1.82, 2.24) is 14.7 Å². The molecule has 2 aromatic rings. The van der Waals surface area contributed by atoms with E-state index in [9.17, 15) is 14.4 Å². The molecule has 2 aliphatic rings. The van der Waals surface area contributed by atoms with Gasteiger partial charge in [-0.05, 0) is 37.3 Å². The fourth-order valence-corrected chi connectivity index (χ4v) is 4.33. The SMILES string of the molecule is CC(C)C[C@@H](C(=O)Nc1ccnn1C1CCCC1)N1C(=O)c2ccccc2C1=O. The first-order valence-corrected chi connectivity index (χ1v) is 10.3. The largest absolute Gasteiger partial charge is 0.309 e. The van der Waals surface area contributed by atoms with Gasteiger partial charge in [0.2, 0.25) is 5.91 Å². The van der Waals surface area contributed by atoms with E-state index in [1.807, 2.05) is 18.5 Å². The Morgan fingerprint density at radius 1 is 1.10 bits per heavy atom. The number of imide groups is 1. The van der Waals surface area contributed by atoms with Crippen LogP contribution in [0.2, 0.25) is 0 Å². The molecule has 1 aromatic heterocycles. The summed E-state index contributed by atoms with van der Waals surface area (Å²) in [5.74, 6) is -0.415. The Kier molecular flexibility index (Phi) is 5.22. The molecule has 4 rings (SSSR count). The van der Waals surface area contributed by atoms with E-state index in [1.54, 1.807) is 36.5 Å². The standard InChI is InChI=1S/C22H26N4O3/c1-14(2)13-18(25-21(28)16-9-5-6-10-17(16)22(25)29)20(27)24-19-11-12-23-26(19)15-7-3-4-8-15/h5-6,9-12,14-15,18H,3-4,7-8,13H2,1-2H3,(H,24,27)/t18-/m0/s1. The van der Waals surface area contributed by atoms with Crippen LogP contribution in [0, 0.1) is 5.92 Å². The van der Waals surface area contributed by atoms with Crippen molar-refractivity contribution in [2.75, 3.05) is 5.32 Å². The van der Waals surface area contributed by atoms with Crippen molar-refractivity contribution < 1.29 is 14.4 Å². The number of aromatic nitrogens is 2. The lowest BCUT2D eigenvalue weighted by Crippen LogP contribution is -2.48. The molecular formula is C22H26N4O3. The van der Waals surface area contributed by atoms with Gasteiger partial charge in [0.15, 0.2) is 0 Å². The zero-order valence-corrected chi connectivity index (χ0v) is 16.8. The van der Waals surface area contributed by atoms with Crippen LogP contribution in [0.3, 0.4) is 0 Å². The first-order valence-electron chi connectivity index (χ1n) is 10.3. The zero-order chi connectivity index (χ0) is 20.5. The molecule has 0 saturated heterocycles. The monoisotopic (exact) mass is 394 g/mol. The Morgan fingerprint density at radius 3 is 2.31 bits per heavy atom.